The summed E-state index contributed by atoms with van der Waals surface area (Å²) in [6.45, 7) is 5.42. The summed E-state index contributed by atoms with van der Waals surface area (Å²) in [5.74, 6) is 0.877. The molecule has 0 aliphatic rings. The zero-order valence-corrected chi connectivity index (χ0v) is 11.4. The van der Waals surface area contributed by atoms with Crippen molar-refractivity contribution in [1.82, 2.24) is 9.55 Å². The molecular weight excluding hydrogens is 238 g/mol. The second-order valence-corrected chi connectivity index (χ2v) is 4.60. The van der Waals surface area contributed by atoms with Gasteiger partial charge >= 0.3 is 0 Å². The first-order valence-corrected chi connectivity index (χ1v) is 6.55. The number of rotatable bonds is 5. The summed E-state index contributed by atoms with van der Waals surface area (Å²) in [7, 11) is 0. The first-order valence-electron chi connectivity index (χ1n) is 6.55. The molecule has 0 unspecified atom stereocenters. The van der Waals surface area contributed by atoms with Crippen LogP contribution in [0.1, 0.15) is 24.5 Å². The molecule has 0 aromatic carbocycles. The summed E-state index contributed by atoms with van der Waals surface area (Å²) >= 11 is 0. The van der Waals surface area contributed by atoms with E-state index in [4.69, 9.17) is 0 Å². The van der Waals surface area contributed by atoms with E-state index in [0.717, 1.165) is 29.9 Å². The van der Waals surface area contributed by atoms with Crippen molar-refractivity contribution in [1.29, 1.82) is 0 Å². The number of nitrogens with zero attached hydrogens (tertiary/aromatic N) is 2. The van der Waals surface area contributed by atoms with E-state index >= 15 is 0 Å². The third-order valence-corrected chi connectivity index (χ3v) is 2.94. The summed E-state index contributed by atoms with van der Waals surface area (Å²) in [5, 5.41) is 3.23. The van der Waals surface area contributed by atoms with Gasteiger partial charge in [-0.3, -0.25) is 4.79 Å². The molecule has 0 amide bonds. The summed E-state index contributed by atoms with van der Waals surface area (Å²) in [6.07, 6.45) is 4.69. The molecule has 0 spiro atoms. The number of aromatic nitrogens is 2. The molecular formula is C15H19N3O. The summed E-state index contributed by atoms with van der Waals surface area (Å²) in [4.78, 5) is 16.2. The maximum absolute atomic E-state index is 11.9. The quantitative estimate of drug-likeness (QED) is 0.894. The van der Waals surface area contributed by atoms with Crippen LogP contribution in [0.15, 0.2) is 41.5 Å². The molecule has 0 bridgehead atoms. The first-order chi connectivity index (χ1) is 9.20. The van der Waals surface area contributed by atoms with E-state index in [1.165, 1.54) is 0 Å². The van der Waals surface area contributed by atoms with Crippen molar-refractivity contribution in [2.45, 2.75) is 26.8 Å². The van der Waals surface area contributed by atoms with Gasteiger partial charge in [0, 0.05) is 24.5 Å². The van der Waals surface area contributed by atoms with Crippen LogP contribution >= 0.6 is 0 Å². The Morgan fingerprint density at radius 2 is 2.16 bits per heavy atom. The van der Waals surface area contributed by atoms with Gasteiger partial charge in [0.15, 0.2) is 0 Å². The number of pyridine rings is 2. The number of nitrogens with one attached hydrogen (secondary N) is 1. The van der Waals surface area contributed by atoms with Gasteiger partial charge in [-0.2, -0.15) is 0 Å². The van der Waals surface area contributed by atoms with Gasteiger partial charge < -0.3 is 9.88 Å². The molecule has 100 valence electrons. The zero-order valence-electron chi connectivity index (χ0n) is 11.4. The monoisotopic (exact) mass is 257 g/mol. The highest BCUT2D eigenvalue weighted by molar-refractivity contribution is 5.35. The maximum atomic E-state index is 11.9. The van der Waals surface area contributed by atoms with Crippen LogP contribution in [-0.4, -0.2) is 16.1 Å². The average Bonchev–Trinajstić information content (AvgIpc) is 2.43. The van der Waals surface area contributed by atoms with Gasteiger partial charge in [0.05, 0.1) is 6.54 Å². The zero-order chi connectivity index (χ0) is 13.7. The van der Waals surface area contributed by atoms with E-state index in [0.29, 0.717) is 6.54 Å². The largest absolute Gasteiger partial charge is 0.370 e. The van der Waals surface area contributed by atoms with E-state index in [9.17, 15) is 4.79 Å². The van der Waals surface area contributed by atoms with Crippen LogP contribution < -0.4 is 10.9 Å². The Balaban J connectivity index is 2.11. The lowest BCUT2D eigenvalue weighted by Gasteiger charge is -2.08. The van der Waals surface area contributed by atoms with Gasteiger partial charge in [0.25, 0.3) is 5.56 Å². The van der Waals surface area contributed by atoms with E-state index in [1.807, 2.05) is 37.4 Å². The lowest BCUT2D eigenvalue weighted by atomic mass is 10.2. The fourth-order valence-corrected chi connectivity index (χ4v) is 1.85. The van der Waals surface area contributed by atoms with Crippen LogP contribution in [0.2, 0.25) is 0 Å². The lowest BCUT2D eigenvalue weighted by Crippen LogP contribution is -2.21. The minimum Gasteiger partial charge on any atom is -0.370 e. The van der Waals surface area contributed by atoms with E-state index < -0.39 is 0 Å². The molecule has 2 rings (SSSR count). The highest BCUT2D eigenvalue weighted by Gasteiger charge is 2.01. The summed E-state index contributed by atoms with van der Waals surface area (Å²) in [6, 6.07) is 7.67. The van der Waals surface area contributed by atoms with Gasteiger partial charge in [0.2, 0.25) is 0 Å². The molecule has 0 saturated carbocycles. The van der Waals surface area contributed by atoms with Crippen LogP contribution in [0.25, 0.3) is 0 Å². The number of anilines is 1. The molecule has 0 aliphatic carbocycles. The smallest absolute Gasteiger partial charge is 0.253 e. The molecule has 2 aromatic rings. The van der Waals surface area contributed by atoms with Gasteiger partial charge in [-0.15, -0.1) is 0 Å². The highest BCUT2D eigenvalue weighted by atomic mass is 16.1. The normalized spacial score (nSPS) is 10.4. The molecule has 0 fully saturated rings. The third-order valence-electron chi connectivity index (χ3n) is 2.94. The second kappa shape index (κ2) is 6.18. The molecule has 0 atom stereocenters. The van der Waals surface area contributed by atoms with Crippen molar-refractivity contribution in [3.63, 3.8) is 0 Å². The second-order valence-electron chi connectivity index (χ2n) is 4.60. The molecule has 4 heteroatoms. The summed E-state index contributed by atoms with van der Waals surface area (Å²) in [5.41, 5.74) is 1.84. The highest BCUT2D eigenvalue weighted by Crippen LogP contribution is 2.06. The number of aryl methyl sites for hydroxylation is 1. The van der Waals surface area contributed by atoms with Gasteiger partial charge in [-0.1, -0.05) is 19.1 Å². The number of hydrogen-bond acceptors (Lipinski definition) is 3. The topological polar surface area (TPSA) is 46.9 Å². The average molecular weight is 257 g/mol. The third kappa shape index (κ3) is 3.44. The molecule has 2 heterocycles. The first kappa shape index (κ1) is 13.3. The molecule has 19 heavy (non-hydrogen) atoms. The van der Waals surface area contributed by atoms with Gasteiger partial charge in [-0.25, -0.2) is 4.98 Å². The molecule has 0 aliphatic heterocycles. The minimum atomic E-state index is 0.0516. The van der Waals surface area contributed by atoms with Crippen LogP contribution in [0.4, 0.5) is 5.82 Å². The fourth-order valence-electron chi connectivity index (χ4n) is 1.85. The lowest BCUT2D eigenvalue weighted by molar-refractivity contribution is 0.749. The Hall–Kier alpha value is -2.10. The Kier molecular flexibility index (Phi) is 4.34. The van der Waals surface area contributed by atoms with Crippen molar-refractivity contribution in [2.75, 3.05) is 11.9 Å². The van der Waals surface area contributed by atoms with Crippen molar-refractivity contribution >= 4 is 5.82 Å². The SMILES string of the molecule is CCCNc1ccc(Cn2cccc(C)c2=O)cn1. The van der Waals surface area contributed by atoms with Crippen molar-refractivity contribution in [3.05, 3.63) is 58.1 Å². The summed E-state index contributed by atoms with van der Waals surface area (Å²) < 4.78 is 1.70. The van der Waals surface area contributed by atoms with Crippen LogP contribution in [0, 0.1) is 6.92 Å². The Labute approximate surface area is 113 Å². The Bertz CT molecular complexity index is 587. The number of hydrogen-bond donors (Lipinski definition) is 1. The predicted octanol–water partition coefficient (Wildman–Crippen LogP) is 2.42. The molecule has 1 N–H and O–H groups in total. The van der Waals surface area contributed by atoms with E-state index in [2.05, 4.69) is 17.2 Å². The van der Waals surface area contributed by atoms with E-state index in [1.54, 1.807) is 10.8 Å². The van der Waals surface area contributed by atoms with Gasteiger partial charge in [0.1, 0.15) is 5.82 Å². The van der Waals surface area contributed by atoms with Crippen LogP contribution in [0.5, 0.6) is 0 Å². The standard InChI is InChI=1S/C15H19N3O/c1-3-8-16-14-7-6-13(10-17-14)11-18-9-4-5-12(2)15(18)19/h4-7,9-10H,3,8,11H2,1-2H3,(H,16,17). The molecule has 4 nitrogen and oxygen atoms in total. The van der Waals surface area contributed by atoms with Crippen LogP contribution in [0.3, 0.4) is 0 Å². The Morgan fingerprint density at radius 3 is 2.84 bits per heavy atom. The molecule has 0 saturated heterocycles. The van der Waals surface area contributed by atoms with Crippen molar-refractivity contribution < 1.29 is 0 Å². The van der Waals surface area contributed by atoms with E-state index in [-0.39, 0.29) is 5.56 Å². The maximum Gasteiger partial charge on any atom is 0.253 e. The molecule has 2 aromatic heterocycles. The van der Waals surface area contributed by atoms with Crippen LogP contribution in [-0.2, 0) is 6.54 Å². The fraction of sp³-hybridized carbons (Fsp3) is 0.333. The minimum absolute atomic E-state index is 0.0516. The van der Waals surface area contributed by atoms with Crippen molar-refractivity contribution in [3.8, 4) is 0 Å². The molecule has 0 radical (unpaired) electrons. The Morgan fingerprint density at radius 1 is 1.32 bits per heavy atom. The predicted molar refractivity (Wildman–Crippen MR) is 77.6 cm³/mol. The van der Waals surface area contributed by atoms with Gasteiger partial charge in [-0.05, 0) is 31.0 Å². The van der Waals surface area contributed by atoms with Crippen molar-refractivity contribution in [2.24, 2.45) is 0 Å².